The number of piperazine rings is 1. The molecule has 1 saturated heterocycles. The fourth-order valence-electron chi connectivity index (χ4n) is 2.51. The third kappa shape index (κ3) is 2.10. The van der Waals surface area contributed by atoms with Crippen molar-refractivity contribution in [2.24, 2.45) is 0 Å². The number of carbonyl (C=O) groups excluding carboxylic acids is 1. The third-order valence-electron chi connectivity index (χ3n) is 3.65. The second-order valence-electron chi connectivity index (χ2n) is 5.32. The summed E-state index contributed by atoms with van der Waals surface area (Å²) in [5, 5.41) is 8.86. The average Bonchev–Trinajstić information content (AvgIpc) is 2.37. The monoisotopic (exact) mass is 258 g/mol. The number of rotatable bonds is 1. The van der Waals surface area contributed by atoms with Crippen LogP contribution in [0, 0.1) is 11.3 Å². The summed E-state index contributed by atoms with van der Waals surface area (Å²) in [5.41, 5.74) is 7.25. The number of hydrogen-bond acceptors (Lipinski definition) is 4. The van der Waals surface area contributed by atoms with E-state index in [2.05, 4.69) is 6.07 Å². The molecule has 5 nitrogen and oxygen atoms in total. The van der Waals surface area contributed by atoms with Crippen LogP contribution in [0.1, 0.15) is 19.4 Å². The van der Waals surface area contributed by atoms with E-state index in [1.54, 1.807) is 17.0 Å². The van der Waals surface area contributed by atoms with Gasteiger partial charge in [-0.15, -0.1) is 0 Å². The first kappa shape index (κ1) is 13.2. The molecule has 1 aliphatic heterocycles. The molecule has 0 aliphatic carbocycles. The Balaban J connectivity index is 2.42. The second-order valence-corrected chi connectivity index (χ2v) is 5.32. The van der Waals surface area contributed by atoms with Crippen LogP contribution in [0.25, 0.3) is 0 Å². The minimum absolute atomic E-state index is 0.0718. The molecule has 0 saturated carbocycles. The number of amides is 1. The van der Waals surface area contributed by atoms with E-state index < -0.39 is 5.54 Å². The Morgan fingerprint density at radius 1 is 1.37 bits per heavy atom. The van der Waals surface area contributed by atoms with E-state index in [0.717, 1.165) is 12.2 Å². The van der Waals surface area contributed by atoms with Gasteiger partial charge < -0.3 is 15.5 Å². The van der Waals surface area contributed by atoms with Gasteiger partial charge in [0, 0.05) is 20.1 Å². The molecule has 1 aromatic carbocycles. The summed E-state index contributed by atoms with van der Waals surface area (Å²) >= 11 is 0. The fraction of sp³-hybridized carbons (Fsp3) is 0.429. The van der Waals surface area contributed by atoms with Gasteiger partial charge >= 0.3 is 0 Å². The highest BCUT2D eigenvalue weighted by molar-refractivity contribution is 5.91. The van der Waals surface area contributed by atoms with E-state index in [1.807, 2.05) is 31.9 Å². The largest absolute Gasteiger partial charge is 0.397 e. The minimum atomic E-state index is -0.630. The van der Waals surface area contributed by atoms with E-state index >= 15 is 0 Å². The zero-order valence-corrected chi connectivity index (χ0v) is 11.5. The average molecular weight is 258 g/mol. The summed E-state index contributed by atoms with van der Waals surface area (Å²) < 4.78 is 0. The topological polar surface area (TPSA) is 73.4 Å². The third-order valence-corrected chi connectivity index (χ3v) is 3.65. The summed E-state index contributed by atoms with van der Waals surface area (Å²) in [6.45, 7) is 5.18. The second kappa shape index (κ2) is 4.47. The molecule has 100 valence electrons. The first-order valence-corrected chi connectivity index (χ1v) is 6.20. The van der Waals surface area contributed by atoms with Crippen LogP contribution in [0.15, 0.2) is 18.2 Å². The lowest BCUT2D eigenvalue weighted by Crippen LogP contribution is -2.62. The molecule has 0 spiro atoms. The number of benzene rings is 1. The van der Waals surface area contributed by atoms with Crippen LogP contribution in [-0.4, -0.2) is 36.5 Å². The molecule has 1 fully saturated rings. The number of nitrogen functional groups attached to an aromatic ring is 1. The molecule has 0 unspecified atom stereocenters. The van der Waals surface area contributed by atoms with Crippen molar-refractivity contribution in [1.82, 2.24) is 4.90 Å². The number of carbonyl (C=O) groups is 1. The molecule has 1 heterocycles. The van der Waals surface area contributed by atoms with Gasteiger partial charge in [-0.3, -0.25) is 4.79 Å². The van der Waals surface area contributed by atoms with Crippen LogP contribution in [0.3, 0.4) is 0 Å². The Kier molecular flexibility index (Phi) is 3.11. The van der Waals surface area contributed by atoms with Crippen LogP contribution in [-0.2, 0) is 4.79 Å². The maximum atomic E-state index is 12.3. The van der Waals surface area contributed by atoms with Crippen molar-refractivity contribution in [3.05, 3.63) is 23.8 Å². The Labute approximate surface area is 113 Å². The van der Waals surface area contributed by atoms with Gasteiger partial charge in [-0.25, -0.2) is 0 Å². The first-order valence-electron chi connectivity index (χ1n) is 6.20. The van der Waals surface area contributed by atoms with Crippen LogP contribution >= 0.6 is 0 Å². The van der Waals surface area contributed by atoms with E-state index in [9.17, 15) is 4.79 Å². The molecule has 0 radical (unpaired) electrons. The summed E-state index contributed by atoms with van der Waals surface area (Å²) in [5.74, 6) is 0.0718. The predicted molar refractivity (Wildman–Crippen MR) is 74.6 cm³/mol. The number of likely N-dealkylation sites (N-methyl/N-ethyl adjacent to an activating group) is 1. The maximum absolute atomic E-state index is 12.3. The van der Waals surface area contributed by atoms with Gasteiger partial charge in [0.2, 0.25) is 5.91 Å². The summed E-state index contributed by atoms with van der Waals surface area (Å²) in [6.07, 6.45) is 0. The van der Waals surface area contributed by atoms with Gasteiger partial charge in [0.1, 0.15) is 5.54 Å². The van der Waals surface area contributed by atoms with Gasteiger partial charge in [0.05, 0.1) is 23.0 Å². The van der Waals surface area contributed by atoms with Crippen molar-refractivity contribution in [3.63, 3.8) is 0 Å². The van der Waals surface area contributed by atoms with Crippen molar-refractivity contribution in [2.45, 2.75) is 19.4 Å². The summed E-state index contributed by atoms with van der Waals surface area (Å²) in [6, 6.07) is 7.25. The molecule has 2 N–H and O–H groups in total. The molecular formula is C14H18N4O. The molecule has 0 bridgehead atoms. The van der Waals surface area contributed by atoms with Crippen molar-refractivity contribution in [1.29, 1.82) is 5.26 Å². The number of nitrogens with two attached hydrogens (primary N) is 1. The van der Waals surface area contributed by atoms with Crippen molar-refractivity contribution < 1.29 is 4.79 Å². The molecule has 1 aliphatic rings. The lowest BCUT2D eigenvalue weighted by atomic mass is 9.96. The maximum Gasteiger partial charge on any atom is 0.247 e. The highest BCUT2D eigenvalue weighted by atomic mass is 16.2. The first-order chi connectivity index (χ1) is 8.87. The van der Waals surface area contributed by atoms with E-state index in [1.165, 1.54) is 0 Å². The van der Waals surface area contributed by atoms with Gasteiger partial charge in [0.15, 0.2) is 0 Å². The highest BCUT2D eigenvalue weighted by Crippen LogP contribution is 2.33. The zero-order valence-electron chi connectivity index (χ0n) is 11.5. The Hall–Kier alpha value is -2.22. The van der Waals surface area contributed by atoms with Crippen LogP contribution < -0.4 is 10.6 Å². The van der Waals surface area contributed by atoms with Crippen molar-refractivity contribution >= 4 is 17.3 Å². The fourth-order valence-corrected chi connectivity index (χ4v) is 2.51. The predicted octanol–water partition coefficient (Wildman–Crippen LogP) is 1.20. The highest BCUT2D eigenvalue weighted by Gasteiger charge is 2.41. The standard InChI is InChI=1S/C14H18N4O/c1-14(2)13(19)17(3)6-7-18(14)12-5-4-10(9-15)8-11(12)16/h4-5,8H,6-7,16H2,1-3H3. The Morgan fingerprint density at radius 3 is 2.63 bits per heavy atom. The molecule has 19 heavy (non-hydrogen) atoms. The van der Waals surface area contributed by atoms with Crippen LogP contribution in [0.5, 0.6) is 0 Å². The van der Waals surface area contributed by atoms with E-state index in [0.29, 0.717) is 17.8 Å². The molecule has 0 aromatic heterocycles. The number of nitrogens with zero attached hydrogens (tertiary/aromatic N) is 3. The van der Waals surface area contributed by atoms with Gasteiger partial charge in [-0.05, 0) is 32.0 Å². The van der Waals surface area contributed by atoms with Gasteiger partial charge in [-0.2, -0.15) is 5.26 Å². The van der Waals surface area contributed by atoms with Crippen molar-refractivity contribution in [3.8, 4) is 6.07 Å². The lowest BCUT2D eigenvalue weighted by molar-refractivity contribution is -0.136. The van der Waals surface area contributed by atoms with Crippen LogP contribution in [0.4, 0.5) is 11.4 Å². The smallest absolute Gasteiger partial charge is 0.247 e. The quantitative estimate of drug-likeness (QED) is 0.768. The molecule has 2 rings (SSSR count). The minimum Gasteiger partial charge on any atom is -0.397 e. The molecule has 5 heteroatoms. The van der Waals surface area contributed by atoms with E-state index in [-0.39, 0.29) is 5.91 Å². The zero-order chi connectivity index (χ0) is 14.2. The number of hydrogen-bond donors (Lipinski definition) is 1. The number of anilines is 2. The Morgan fingerprint density at radius 2 is 2.05 bits per heavy atom. The molecule has 1 aromatic rings. The number of nitriles is 1. The summed E-state index contributed by atoms with van der Waals surface area (Å²) in [7, 11) is 1.81. The normalized spacial score (nSPS) is 18.3. The Bertz CT molecular complexity index is 559. The molecule has 0 atom stereocenters. The van der Waals surface area contributed by atoms with E-state index in [4.69, 9.17) is 11.0 Å². The van der Waals surface area contributed by atoms with Gasteiger partial charge in [0.25, 0.3) is 0 Å². The summed E-state index contributed by atoms with van der Waals surface area (Å²) in [4.78, 5) is 16.0. The lowest BCUT2D eigenvalue weighted by Gasteiger charge is -2.46. The molecule has 1 amide bonds. The van der Waals surface area contributed by atoms with Crippen molar-refractivity contribution in [2.75, 3.05) is 30.8 Å². The molecular weight excluding hydrogens is 240 g/mol. The van der Waals surface area contributed by atoms with Crippen LogP contribution in [0.2, 0.25) is 0 Å². The SMILES string of the molecule is CN1CCN(c2ccc(C#N)cc2N)C(C)(C)C1=O. The van der Waals surface area contributed by atoms with Gasteiger partial charge in [-0.1, -0.05) is 0 Å².